The molecule has 0 spiro atoms. The summed E-state index contributed by atoms with van der Waals surface area (Å²) in [4.78, 5) is 3.84. The Bertz CT molecular complexity index is 688. The van der Waals surface area contributed by atoms with Crippen molar-refractivity contribution in [2.24, 2.45) is 5.84 Å². The van der Waals surface area contributed by atoms with Crippen LogP contribution in [0.3, 0.4) is 0 Å². The Balaban J connectivity index is 2.24. The van der Waals surface area contributed by atoms with Gasteiger partial charge in [0.05, 0.1) is 5.02 Å². The highest BCUT2D eigenvalue weighted by atomic mass is 35.5. The van der Waals surface area contributed by atoms with E-state index in [-0.39, 0.29) is 21.8 Å². The van der Waals surface area contributed by atoms with E-state index in [1.54, 1.807) is 6.92 Å². The summed E-state index contributed by atoms with van der Waals surface area (Å²) >= 11 is 7.38. The van der Waals surface area contributed by atoms with Crippen LogP contribution in [-0.2, 0) is 10.0 Å². The van der Waals surface area contributed by atoms with Crippen LogP contribution in [0.15, 0.2) is 34.0 Å². The Morgan fingerprint density at radius 2 is 2.25 bits per heavy atom. The van der Waals surface area contributed by atoms with Crippen molar-refractivity contribution in [3.8, 4) is 0 Å². The topological polar surface area (TPSA) is 97.1 Å². The zero-order valence-electron chi connectivity index (χ0n) is 10.5. The van der Waals surface area contributed by atoms with Gasteiger partial charge in [-0.2, -0.15) is 11.3 Å². The highest BCUT2D eigenvalue weighted by molar-refractivity contribution is 7.89. The Hall–Kier alpha value is -1.19. The molecule has 0 aliphatic carbocycles. The summed E-state index contributed by atoms with van der Waals surface area (Å²) in [6.07, 6.45) is 1.20. The van der Waals surface area contributed by atoms with Crippen molar-refractivity contribution < 1.29 is 8.42 Å². The third-order valence-corrected chi connectivity index (χ3v) is 5.14. The Morgan fingerprint density at radius 3 is 2.80 bits per heavy atom. The minimum atomic E-state index is -3.69. The van der Waals surface area contributed by atoms with Crippen molar-refractivity contribution >= 4 is 38.8 Å². The molecule has 0 bridgehead atoms. The van der Waals surface area contributed by atoms with Crippen LogP contribution in [-0.4, -0.2) is 13.4 Å². The van der Waals surface area contributed by atoms with Crippen LogP contribution in [0.25, 0.3) is 0 Å². The average Bonchev–Trinajstić information content (AvgIpc) is 2.92. The van der Waals surface area contributed by atoms with Gasteiger partial charge < -0.3 is 5.43 Å². The highest BCUT2D eigenvalue weighted by Crippen LogP contribution is 2.23. The molecule has 2 heterocycles. The lowest BCUT2D eigenvalue weighted by Gasteiger charge is -2.13. The van der Waals surface area contributed by atoms with Crippen LogP contribution in [0, 0.1) is 0 Å². The predicted octanol–water partition coefficient (Wildman–Crippen LogP) is 2.12. The fourth-order valence-electron chi connectivity index (χ4n) is 1.56. The molecule has 2 aromatic heterocycles. The van der Waals surface area contributed by atoms with Crippen molar-refractivity contribution in [2.75, 3.05) is 5.43 Å². The zero-order chi connectivity index (χ0) is 14.8. The fraction of sp³-hybridized carbons (Fsp3) is 0.182. The van der Waals surface area contributed by atoms with Crippen LogP contribution in [0.5, 0.6) is 0 Å². The van der Waals surface area contributed by atoms with Gasteiger partial charge in [0.15, 0.2) is 5.82 Å². The van der Waals surface area contributed by atoms with Crippen molar-refractivity contribution in [1.29, 1.82) is 0 Å². The second-order valence-corrected chi connectivity index (χ2v) is 6.95. The second-order valence-electron chi connectivity index (χ2n) is 4.05. The molecule has 9 heteroatoms. The predicted molar refractivity (Wildman–Crippen MR) is 80.1 cm³/mol. The summed E-state index contributed by atoms with van der Waals surface area (Å²) in [5.74, 6) is 5.41. The Morgan fingerprint density at radius 1 is 1.50 bits per heavy atom. The smallest absolute Gasteiger partial charge is 0.242 e. The third kappa shape index (κ3) is 3.28. The van der Waals surface area contributed by atoms with Crippen molar-refractivity contribution in [3.63, 3.8) is 0 Å². The van der Waals surface area contributed by atoms with E-state index in [4.69, 9.17) is 17.4 Å². The van der Waals surface area contributed by atoms with Crippen molar-refractivity contribution in [3.05, 3.63) is 39.7 Å². The first-order chi connectivity index (χ1) is 9.44. The number of nitrogen functional groups attached to an aromatic ring is 1. The quantitative estimate of drug-likeness (QED) is 0.575. The van der Waals surface area contributed by atoms with Gasteiger partial charge in [-0.3, -0.25) is 0 Å². The summed E-state index contributed by atoms with van der Waals surface area (Å²) < 4.78 is 27.0. The fourth-order valence-corrected chi connectivity index (χ4v) is 3.81. The minimum absolute atomic E-state index is 0.0106. The van der Waals surface area contributed by atoms with E-state index in [9.17, 15) is 8.42 Å². The van der Waals surface area contributed by atoms with Gasteiger partial charge in [-0.05, 0) is 35.4 Å². The van der Waals surface area contributed by atoms with E-state index in [1.165, 1.54) is 23.6 Å². The first-order valence-electron chi connectivity index (χ1n) is 5.60. The van der Waals surface area contributed by atoms with Crippen molar-refractivity contribution in [2.45, 2.75) is 17.9 Å². The summed E-state index contributed by atoms with van der Waals surface area (Å²) in [5, 5.41) is 3.92. The van der Waals surface area contributed by atoms with Gasteiger partial charge in [0.2, 0.25) is 10.0 Å². The summed E-state index contributed by atoms with van der Waals surface area (Å²) in [5.41, 5.74) is 3.18. The maximum Gasteiger partial charge on any atom is 0.242 e. The van der Waals surface area contributed by atoms with E-state index in [0.717, 1.165) is 5.56 Å². The molecular formula is C11H13ClN4O2S2. The minimum Gasteiger partial charge on any atom is -0.307 e. The molecule has 4 N–H and O–H groups in total. The van der Waals surface area contributed by atoms with Crippen molar-refractivity contribution in [1.82, 2.24) is 9.71 Å². The molecule has 6 nitrogen and oxygen atoms in total. The standard InChI is InChI=1S/C11H13ClN4O2S2/c1-7(8-2-3-19-6-8)16-20(17,18)9-4-10(12)11(15-13)14-5-9/h2-7,16H,13H2,1H3,(H,14,15). The maximum absolute atomic E-state index is 12.2. The van der Waals surface area contributed by atoms with Crippen LogP contribution in [0.2, 0.25) is 5.02 Å². The van der Waals surface area contributed by atoms with E-state index in [2.05, 4.69) is 15.1 Å². The molecule has 0 aromatic carbocycles. The molecule has 0 radical (unpaired) electrons. The van der Waals surface area contributed by atoms with Gasteiger partial charge >= 0.3 is 0 Å². The normalized spacial score (nSPS) is 13.2. The van der Waals surface area contributed by atoms with Gasteiger partial charge in [0.1, 0.15) is 4.90 Å². The molecule has 2 aromatic rings. The molecule has 0 fully saturated rings. The SMILES string of the molecule is CC(NS(=O)(=O)c1cnc(NN)c(Cl)c1)c1ccsc1. The van der Waals surface area contributed by atoms with E-state index >= 15 is 0 Å². The number of thiophene rings is 1. The number of anilines is 1. The van der Waals surface area contributed by atoms with Gasteiger partial charge in [-0.1, -0.05) is 11.6 Å². The summed E-state index contributed by atoms with van der Waals surface area (Å²) in [6, 6.07) is 2.83. The van der Waals surface area contributed by atoms with Crippen LogP contribution in [0.1, 0.15) is 18.5 Å². The lowest BCUT2D eigenvalue weighted by atomic mass is 10.2. The van der Waals surface area contributed by atoms with Crippen LogP contribution in [0.4, 0.5) is 5.82 Å². The number of pyridine rings is 1. The second kappa shape index (κ2) is 6.06. The molecule has 0 aliphatic heterocycles. The molecular weight excluding hydrogens is 320 g/mol. The first kappa shape index (κ1) is 15.2. The number of halogens is 1. The molecule has 1 unspecified atom stereocenters. The molecule has 0 saturated heterocycles. The maximum atomic E-state index is 12.2. The van der Waals surface area contributed by atoms with Crippen LogP contribution < -0.4 is 16.0 Å². The number of nitrogens with zero attached hydrogens (tertiary/aromatic N) is 1. The molecule has 108 valence electrons. The first-order valence-corrected chi connectivity index (χ1v) is 8.41. The van der Waals surface area contributed by atoms with Gasteiger partial charge in [-0.25, -0.2) is 24.0 Å². The number of aromatic nitrogens is 1. The monoisotopic (exact) mass is 332 g/mol. The largest absolute Gasteiger partial charge is 0.307 e. The number of hydrogen-bond donors (Lipinski definition) is 3. The molecule has 20 heavy (non-hydrogen) atoms. The molecule has 2 rings (SSSR count). The van der Waals surface area contributed by atoms with E-state index in [0.29, 0.717) is 0 Å². The number of nitrogens with one attached hydrogen (secondary N) is 2. The van der Waals surface area contributed by atoms with Crippen LogP contribution >= 0.6 is 22.9 Å². The van der Waals surface area contributed by atoms with Gasteiger partial charge in [0.25, 0.3) is 0 Å². The number of rotatable bonds is 5. The molecule has 0 saturated carbocycles. The number of hydrogen-bond acceptors (Lipinski definition) is 6. The Kier molecular flexibility index (Phi) is 4.61. The van der Waals surface area contributed by atoms with Gasteiger partial charge in [0, 0.05) is 12.2 Å². The molecule has 1 atom stereocenters. The Labute approximate surface area is 126 Å². The third-order valence-electron chi connectivity index (χ3n) is 2.64. The van der Waals surface area contributed by atoms with E-state index < -0.39 is 10.0 Å². The average molecular weight is 333 g/mol. The zero-order valence-corrected chi connectivity index (χ0v) is 12.9. The van der Waals surface area contributed by atoms with Gasteiger partial charge in [-0.15, -0.1) is 0 Å². The number of hydrazine groups is 1. The highest BCUT2D eigenvalue weighted by Gasteiger charge is 2.20. The lowest BCUT2D eigenvalue weighted by molar-refractivity contribution is 0.567. The molecule has 0 amide bonds. The summed E-state index contributed by atoms with van der Waals surface area (Å²) in [7, 11) is -3.69. The lowest BCUT2D eigenvalue weighted by Crippen LogP contribution is -2.26. The number of sulfonamides is 1. The number of nitrogens with two attached hydrogens (primary N) is 1. The molecule has 0 aliphatic rings. The van der Waals surface area contributed by atoms with E-state index in [1.807, 2.05) is 16.8 Å². The summed E-state index contributed by atoms with van der Waals surface area (Å²) in [6.45, 7) is 1.77.